The molecule has 3 aliphatic rings. The summed E-state index contributed by atoms with van der Waals surface area (Å²) in [6.07, 6.45) is 5.57. The van der Waals surface area contributed by atoms with E-state index in [0.717, 1.165) is 55.5 Å². The molecule has 0 bridgehead atoms. The Hall–Kier alpha value is -3.10. The van der Waals surface area contributed by atoms with Crippen molar-refractivity contribution in [2.75, 3.05) is 0 Å². The van der Waals surface area contributed by atoms with E-state index >= 15 is 0 Å². The predicted octanol–water partition coefficient (Wildman–Crippen LogP) is 3.14. The van der Waals surface area contributed by atoms with Crippen LogP contribution in [0, 0.1) is 17.8 Å². The van der Waals surface area contributed by atoms with Gasteiger partial charge in [-0.1, -0.05) is 18.1 Å². The summed E-state index contributed by atoms with van der Waals surface area (Å²) in [5, 5.41) is 20.4. The van der Waals surface area contributed by atoms with Gasteiger partial charge in [-0.3, -0.25) is 4.79 Å². The number of nitrogens with zero attached hydrogens (tertiary/aromatic N) is 3. The molecule has 5 rings (SSSR count). The van der Waals surface area contributed by atoms with E-state index in [2.05, 4.69) is 15.6 Å². The van der Waals surface area contributed by atoms with Crippen LogP contribution in [0.1, 0.15) is 44.2 Å². The summed E-state index contributed by atoms with van der Waals surface area (Å²) in [5.41, 5.74) is 2.25. The van der Waals surface area contributed by atoms with Crippen LogP contribution in [0.3, 0.4) is 0 Å². The quantitative estimate of drug-likeness (QED) is 0.679. The molecule has 0 spiro atoms. The standard InChI is InChI=1S/C23H28N4O5/c1-27-19(12-31-23(30)24-14-4-2-3-5-14)21(25-26-27)13-6-8-15(9-7-13)32-16-10-17-18(11-16)20(17)22(28)29/h6-9,14,16-18,20H,2-5,10-12H2,1H3,(H,24,30)(H,28,29). The summed E-state index contributed by atoms with van der Waals surface area (Å²) in [6.45, 7) is 0.0885. The third-order valence-electron chi connectivity index (χ3n) is 7.08. The molecule has 170 valence electrons. The number of aliphatic carboxylic acids is 1. The zero-order valence-electron chi connectivity index (χ0n) is 18.1. The molecule has 1 heterocycles. The highest BCUT2D eigenvalue weighted by Gasteiger charge is 2.60. The molecule has 1 amide bonds. The van der Waals surface area contributed by atoms with E-state index in [1.54, 1.807) is 11.7 Å². The number of rotatable bonds is 7. The van der Waals surface area contributed by atoms with Crippen LogP contribution < -0.4 is 10.1 Å². The molecule has 2 N–H and O–H groups in total. The molecule has 2 atom stereocenters. The first-order valence-corrected chi connectivity index (χ1v) is 11.3. The molecule has 0 aliphatic heterocycles. The second kappa shape index (κ2) is 8.44. The monoisotopic (exact) mass is 440 g/mol. The number of hydrogen-bond donors (Lipinski definition) is 2. The van der Waals surface area contributed by atoms with Crippen LogP contribution in [0.5, 0.6) is 5.75 Å². The fourth-order valence-electron chi connectivity index (χ4n) is 5.31. The number of ether oxygens (including phenoxy) is 2. The largest absolute Gasteiger partial charge is 0.490 e. The topological polar surface area (TPSA) is 116 Å². The number of carboxylic acid groups (broad SMARTS) is 1. The van der Waals surface area contributed by atoms with E-state index in [1.165, 1.54) is 0 Å². The molecule has 9 nitrogen and oxygen atoms in total. The second-order valence-electron chi connectivity index (χ2n) is 9.14. The smallest absolute Gasteiger partial charge is 0.407 e. The van der Waals surface area contributed by atoms with E-state index in [4.69, 9.17) is 14.6 Å². The van der Waals surface area contributed by atoms with Gasteiger partial charge in [-0.05, 0) is 61.8 Å². The summed E-state index contributed by atoms with van der Waals surface area (Å²) in [5.74, 6) is 0.441. The lowest BCUT2D eigenvalue weighted by Gasteiger charge is -2.16. The van der Waals surface area contributed by atoms with E-state index in [1.807, 2.05) is 24.3 Å². The van der Waals surface area contributed by atoms with Crippen LogP contribution in [0.25, 0.3) is 11.3 Å². The maximum Gasteiger partial charge on any atom is 0.407 e. The van der Waals surface area contributed by atoms with Gasteiger partial charge in [0.1, 0.15) is 23.7 Å². The fourth-order valence-corrected chi connectivity index (χ4v) is 5.31. The van der Waals surface area contributed by atoms with Crippen molar-refractivity contribution in [1.29, 1.82) is 0 Å². The summed E-state index contributed by atoms with van der Waals surface area (Å²) in [4.78, 5) is 23.2. The Balaban J connectivity index is 1.17. The summed E-state index contributed by atoms with van der Waals surface area (Å²) in [7, 11) is 1.78. The number of carboxylic acids is 1. The minimum atomic E-state index is -0.678. The van der Waals surface area contributed by atoms with Crippen LogP contribution in [0.4, 0.5) is 4.79 Å². The number of nitrogens with one attached hydrogen (secondary N) is 1. The maximum absolute atomic E-state index is 12.1. The first-order valence-electron chi connectivity index (χ1n) is 11.3. The van der Waals surface area contributed by atoms with Gasteiger partial charge in [0, 0.05) is 18.7 Å². The highest BCUT2D eigenvalue weighted by Crippen LogP contribution is 2.58. The number of alkyl carbamates (subject to hydrolysis) is 1. The number of carbonyl (C=O) groups is 2. The Bertz CT molecular complexity index is 986. The molecule has 3 aliphatic carbocycles. The normalized spacial score (nSPS) is 26.5. The molecular weight excluding hydrogens is 412 g/mol. The molecular formula is C23H28N4O5. The minimum absolute atomic E-state index is 0.0744. The molecule has 32 heavy (non-hydrogen) atoms. The van der Waals surface area contributed by atoms with Crippen molar-refractivity contribution in [3.63, 3.8) is 0 Å². The van der Waals surface area contributed by atoms with Crippen LogP contribution in [0.2, 0.25) is 0 Å². The van der Waals surface area contributed by atoms with Gasteiger partial charge in [0.2, 0.25) is 0 Å². The second-order valence-corrected chi connectivity index (χ2v) is 9.14. The third-order valence-corrected chi connectivity index (χ3v) is 7.08. The number of aromatic nitrogens is 3. The Kier molecular flexibility index (Phi) is 5.48. The SMILES string of the molecule is Cn1nnc(-c2ccc(OC3CC4C(C3)C4C(=O)O)cc2)c1COC(=O)NC1CCCC1. The zero-order valence-corrected chi connectivity index (χ0v) is 18.1. The van der Waals surface area contributed by atoms with Crippen LogP contribution in [-0.4, -0.2) is 44.3 Å². The Morgan fingerprint density at radius 3 is 2.50 bits per heavy atom. The van der Waals surface area contributed by atoms with Crippen molar-refractivity contribution in [2.45, 2.75) is 57.3 Å². The summed E-state index contributed by atoms with van der Waals surface area (Å²) in [6, 6.07) is 7.81. The van der Waals surface area contributed by atoms with Gasteiger partial charge in [-0.15, -0.1) is 5.10 Å². The van der Waals surface area contributed by atoms with Gasteiger partial charge in [-0.2, -0.15) is 0 Å². The van der Waals surface area contributed by atoms with Gasteiger partial charge < -0.3 is 19.9 Å². The Morgan fingerprint density at radius 2 is 1.84 bits per heavy atom. The Morgan fingerprint density at radius 1 is 1.16 bits per heavy atom. The number of amides is 1. The van der Waals surface area contributed by atoms with Crippen LogP contribution in [0.15, 0.2) is 24.3 Å². The van der Waals surface area contributed by atoms with Gasteiger partial charge >= 0.3 is 12.1 Å². The van der Waals surface area contributed by atoms with Crippen molar-refractivity contribution < 1.29 is 24.2 Å². The predicted molar refractivity (Wildman–Crippen MR) is 114 cm³/mol. The number of hydrogen-bond acceptors (Lipinski definition) is 6. The summed E-state index contributed by atoms with van der Waals surface area (Å²) >= 11 is 0. The molecule has 2 unspecified atom stereocenters. The number of fused-ring (bicyclic) bond motifs is 1. The molecule has 1 aromatic carbocycles. The van der Waals surface area contributed by atoms with E-state index in [-0.39, 0.29) is 36.5 Å². The van der Waals surface area contributed by atoms with E-state index < -0.39 is 12.1 Å². The average molecular weight is 441 g/mol. The molecule has 0 radical (unpaired) electrons. The van der Waals surface area contributed by atoms with Crippen LogP contribution >= 0.6 is 0 Å². The lowest BCUT2D eigenvalue weighted by molar-refractivity contribution is -0.139. The highest BCUT2D eigenvalue weighted by atomic mass is 16.5. The summed E-state index contributed by atoms with van der Waals surface area (Å²) < 4.78 is 13.1. The van der Waals surface area contributed by atoms with E-state index in [9.17, 15) is 9.59 Å². The van der Waals surface area contributed by atoms with E-state index in [0.29, 0.717) is 5.69 Å². The molecule has 0 saturated heterocycles. The minimum Gasteiger partial charge on any atom is -0.490 e. The molecule has 2 aromatic rings. The average Bonchev–Trinajstić information content (AvgIpc) is 3.18. The third kappa shape index (κ3) is 4.16. The molecule has 1 aromatic heterocycles. The van der Waals surface area contributed by atoms with Crippen molar-refractivity contribution in [1.82, 2.24) is 20.3 Å². The Labute approximate surface area is 186 Å². The number of aryl methyl sites for hydroxylation is 1. The highest BCUT2D eigenvalue weighted by molar-refractivity contribution is 5.74. The van der Waals surface area contributed by atoms with Gasteiger partial charge in [0.05, 0.1) is 12.0 Å². The fraction of sp³-hybridized carbons (Fsp3) is 0.565. The number of benzene rings is 1. The molecule has 3 fully saturated rings. The van der Waals surface area contributed by atoms with Gasteiger partial charge in [0.15, 0.2) is 0 Å². The van der Waals surface area contributed by atoms with Crippen molar-refractivity contribution in [3.8, 4) is 17.0 Å². The maximum atomic E-state index is 12.1. The number of carbonyl (C=O) groups excluding carboxylic acids is 1. The lowest BCUT2D eigenvalue weighted by Crippen LogP contribution is -2.33. The van der Waals surface area contributed by atoms with Crippen LogP contribution in [-0.2, 0) is 23.2 Å². The van der Waals surface area contributed by atoms with Crippen molar-refractivity contribution in [2.24, 2.45) is 24.8 Å². The van der Waals surface area contributed by atoms with Crippen molar-refractivity contribution >= 4 is 12.1 Å². The van der Waals surface area contributed by atoms with Crippen molar-refractivity contribution in [3.05, 3.63) is 30.0 Å². The first-order chi connectivity index (χ1) is 15.5. The first kappa shape index (κ1) is 20.8. The molecule has 9 heteroatoms. The molecule has 3 saturated carbocycles. The lowest BCUT2D eigenvalue weighted by atomic mass is 10.1. The van der Waals surface area contributed by atoms with Gasteiger partial charge in [-0.25, -0.2) is 9.48 Å². The van der Waals surface area contributed by atoms with Gasteiger partial charge in [0.25, 0.3) is 0 Å². The zero-order chi connectivity index (χ0) is 22.2.